The standard InChI is InChI=1S/C19H22F2N4O3/c1-19(2,3)28-18(27)25-9-8-14-11(10-25)15(23-24(14)4)17(26)22-16-12(20)6-5-7-13(16)21/h5-7H,8-10H2,1-4H3,(H,22,26). The Morgan fingerprint density at radius 2 is 1.86 bits per heavy atom. The molecular formula is C19H22F2N4O3. The van der Waals surface area contributed by atoms with E-state index in [-0.39, 0.29) is 12.2 Å². The van der Waals surface area contributed by atoms with Crippen molar-refractivity contribution >= 4 is 17.7 Å². The van der Waals surface area contributed by atoms with Crippen molar-refractivity contribution in [2.45, 2.75) is 39.3 Å². The molecule has 28 heavy (non-hydrogen) atoms. The van der Waals surface area contributed by atoms with E-state index in [0.717, 1.165) is 17.8 Å². The van der Waals surface area contributed by atoms with Gasteiger partial charge in [0.15, 0.2) is 5.69 Å². The summed E-state index contributed by atoms with van der Waals surface area (Å²) in [6, 6.07) is 3.31. The van der Waals surface area contributed by atoms with Crippen LogP contribution in [0.25, 0.3) is 0 Å². The van der Waals surface area contributed by atoms with Gasteiger partial charge >= 0.3 is 6.09 Å². The molecule has 0 saturated carbocycles. The number of rotatable bonds is 2. The predicted octanol–water partition coefficient (Wildman–Crippen LogP) is 3.24. The fourth-order valence-electron chi connectivity index (χ4n) is 3.05. The molecule has 0 bridgehead atoms. The van der Waals surface area contributed by atoms with Crippen molar-refractivity contribution < 1.29 is 23.1 Å². The van der Waals surface area contributed by atoms with Gasteiger partial charge in [0.05, 0.1) is 6.54 Å². The number of hydrogen-bond acceptors (Lipinski definition) is 4. The van der Waals surface area contributed by atoms with Gasteiger partial charge in [0.1, 0.15) is 22.9 Å². The van der Waals surface area contributed by atoms with Crippen molar-refractivity contribution in [3.05, 3.63) is 46.8 Å². The Hall–Kier alpha value is -2.97. The molecule has 2 aromatic rings. The molecule has 1 aliphatic rings. The molecular weight excluding hydrogens is 370 g/mol. The third kappa shape index (κ3) is 3.97. The van der Waals surface area contributed by atoms with Crippen LogP contribution in [0.3, 0.4) is 0 Å². The number of aryl methyl sites for hydroxylation is 1. The number of nitrogens with one attached hydrogen (secondary N) is 1. The molecule has 0 aliphatic carbocycles. The first kappa shape index (κ1) is 19.8. The molecule has 2 heterocycles. The van der Waals surface area contributed by atoms with Gasteiger partial charge in [-0.2, -0.15) is 5.10 Å². The summed E-state index contributed by atoms with van der Waals surface area (Å²) >= 11 is 0. The number of para-hydroxylation sites is 1. The summed E-state index contributed by atoms with van der Waals surface area (Å²) in [5.41, 5.74) is 0.169. The molecule has 0 atom stereocenters. The van der Waals surface area contributed by atoms with Gasteiger partial charge in [0, 0.05) is 31.3 Å². The number of halogens is 2. The normalized spacial score (nSPS) is 13.9. The molecule has 3 rings (SSSR count). The maximum absolute atomic E-state index is 13.8. The van der Waals surface area contributed by atoms with E-state index in [1.54, 1.807) is 32.5 Å². The van der Waals surface area contributed by atoms with E-state index in [4.69, 9.17) is 4.74 Å². The summed E-state index contributed by atoms with van der Waals surface area (Å²) in [7, 11) is 1.68. The minimum absolute atomic E-state index is 0.0217. The zero-order valence-electron chi connectivity index (χ0n) is 16.2. The van der Waals surface area contributed by atoms with E-state index in [1.165, 1.54) is 11.0 Å². The summed E-state index contributed by atoms with van der Waals surface area (Å²) in [5.74, 6) is -2.51. The fourth-order valence-corrected chi connectivity index (χ4v) is 3.05. The van der Waals surface area contributed by atoms with Gasteiger partial charge in [-0.05, 0) is 32.9 Å². The van der Waals surface area contributed by atoms with Crippen LogP contribution in [0.4, 0.5) is 19.3 Å². The highest BCUT2D eigenvalue weighted by molar-refractivity contribution is 6.04. The second-order valence-electron chi connectivity index (χ2n) is 7.60. The number of aromatic nitrogens is 2. The predicted molar refractivity (Wildman–Crippen MR) is 97.9 cm³/mol. The number of amides is 2. The van der Waals surface area contributed by atoms with Gasteiger partial charge in [-0.15, -0.1) is 0 Å². The maximum Gasteiger partial charge on any atom is 0.410 e. The SMILES string of the molecule is Cn1nc(C(=O)Nc2c(F)cccc2F)c2c1CCN(C(=O)OC(C)(C)C)C2. The number of hydrogen-bond donors (Lipinski definition) is 1. The Labute approximate surface area is 161 Å². The molecule has 7 nitrogen and oxygen atoms in total. The number of carbonyl (C=O) groups excluding carboxylic acids is 2. The summed E-state index contributed by atoms with van der Waals surface area (Å²) in [6.45, 7) is 5.86. The van der Waals surface area contributed by atoms with E-state index in [1.807, 2.05) is 0 Å². The van der Waals surface area contributed by atoms with Crippen molar-refractivity contribution in [3.63, 3.8) is 0 Å². The van der Waals surface area contributed by atoms with Gasteiger partial charge < -0.3 is 15.0 Å². The zero-order valence-corrected chi connectivity index (χ0v) is 16.2. The number of benzene rings is 1. The Balaban J connectivity index is 1.85. The molecule has 150 valence electrons. The van der Waals surface area contributed by atoms with E-state index in [0.29, 0.717) is 18.5 Å². The minimum atomic E-state index is -0.881. The van der Waals surface area contributed by atoms with Crippen molar-refractivity contribution in [1.29, 1.82) is 0 Å². The lowest BCUT2D eigenvalue weighted by atomic mass is 10.0. The van der Waals surface area contributed by atoms with Crippen LogP contribution in [0.2, 0.25) is 0 Å². The topological polar surface area (TPSA) is 76.5 Å². The molecule has 0 spiro atoms. The molecule has 0 fully saturated rings. The lowest BCUT2D eigenvalue weighted by molar-refractivity contribution is 0.0222. The second-order valence-corrected chi connectivity index (χ2v) is 7.60. The first-order chi connectivity index (χ1) is 13.1. The largest absolute Gasteiger partial charge is 0.444 e. The Kier molecular flexibility index (Phi) is 5.10. The summed E-state index contributed by atoms with van der Waals surface area (Å²) in [6.07, 6.45) is -0.00659. The van der Waals surface area contributed by atoms with Crippen molar-refractivity contribution in [2.75, 3.05) is 11.9 Å². The second kappa shape index (κ2) is 7.21. The average Bonchev–Trinajstić information content (AvgIpc) is 2.93. The maximum atomic E-state index is 13.8. The molecule has 1 aromatic carbocycles. The Bertz CT molecular complexity index is 914. The number of anilines is 1. The van der Waals surface area contributed by atoms with Crippen molar-refractivity contribution in [3.8, 4) is 0 Å². The van der Waals surface area contributed by atoms with E-state index in [2.05, 4.69) is 10.4 Å². The monoisotopic (exact) mass is 392 g/mol. The van der Waals surface area contributed by atoms with Crippen molar-refractivity contribution in [1.82, 2.24) is 14.7 Å². The quantitative estimate of drug-likeness (QED) is 0.851. The van der Waals surface area contributed by atoms with Crippen LogP contribution in [0, 0.1) is 11.6 Å². The average molecular weight is 392 g/mol. The van der Waals surface area contributed by atoms with Gasteiger partial charge in [0.2, 0.25) is 0 Å². The van der Waals surface area contributed by atoms with E-state index < -0.39 is 34.9 Å². The molecule has 0 saturated heterocycles. The number of fused-ring (bicyclic) bond motifs is 1. The van der Waals surface area contributed by atoms with E-state index in [9.17, 15) is 18.4 Å². The summed E-state index contributed by atoms with van der Waals surface area (Å²) in [4.78, 5) is 26.5. The van der Waals surface area contributed by atoms with Gasteiger partial charge in [-0.25, -0.2) is 13.6 Å². The molecule has 1 aromatic heterocycles. The smallest absolute Gasteiger partial charge is 0.410 e. The Morgan fingerprint density at radius 1 is 1.21 bits per heavy atom. The third-order valence-corrected chi connectivity index (χ3v) is 4.31. The highest BCUT2D eigenvalue weighted by atomic mass is 19.1. The van der Waals surface area contributed by atoms with Crippen LogP contribution in [0.15, 0.2) is 18.2 Å². The lowest BCUT2D eigenvalue weighted by Crippen LogP contribution is -2.40. The summed E-state index contributed by atoms with van der Waals surface area (Å²) in [5, 5.41) is 6.44. The molecule has 0 radical (unpaired) electrons. The zero-order chi connectivity index (χ0) is 20.6. The fraction of sp³-hybridized carbons (Fsp3) is 0.421. The third-order valence-electron chi connectivity index (χ3n) is 4.31. The molecule has 9 heteroatoms. The van der Waals surface area contributed by atoms with Crippen molar-refractivity contribution in [2.24, 2.45) is 7.05 Å². The van der Waals surface area contributed by atoms with Crippen LogP contribution in [0.5, 0.6) is 0 Å². The number of nitrogens with zero attached hydrogens (tertiary/aromatic N) is 3. The first-order valence-corrected chi connectivity index (χ1v) is 8.85. The highest BCUT2D eigenvalue weighted by Crippen LogP contribution is 2.25. The lowest BCUT2D eigenvalue weighted by Gasteiger charge is -2.30. The molecule has 1 aliphatic heterocycles. The molecule has 2 amide bonds. The van der Waals surface area contributed by atoms with Crippen LogP contribution in [0.1, 0.15) is 42.5 Å². The molecule has 0 unspecified atom stereocenters. The summed E-state index contributed by atoms with van der Waals surface area (Å²) < 4.78 is 34.6. The highest BCUT2D eigenvalue weighted by Gasteiger charge is 2.31. The molecule has 1 N–H and O–H groups in total. The van der Waals surface area contributed by atoms with E-state index >= 15 is 0 Å². The number of ether oxygens (including phenoxy) is 1. The Morgan fingerprint density at radius 3 is 2.46 bits per heavy atom. The van der Waals surface area contributed by atoms with Gasteiger partial charge in [0.25, 0.3) is 5.91 Å². The minimum Gasteiger partial charge on any atom is -0.444 e. The van der Waals surface area contributed by atoms with Crippen LogP contribution in [-0.4, -0.2) is 38.8 Å². The van der Waals surface area contributed by atoms with Gasteiger partial charge in [-0.1, -0.05) is 6.07 Å². The van der Waals surface area contributed by atoms with Gasteiger partial charge in [-0.3, -0.25) is 9.48 Å². The van der Waals surface area contributed by atoms with Crippen LogP contribution >= 0.6 is 0 Å². The van der Waals surface area contributed by atoms with Crippen LogP contribution < -0.4 is 5.32 Å². The number of carbonyl (C=O) groups is 2. The van der Waals surface area contributed by atoms with Crippen LogP contribution in [-0.2, 0) is 24.8 Å². The first-order valence-electron chi connectivity index (χ1n) is 8.85.